The minimum absolute atomic E-state index is 0.283. The molecule has 2 nitrogen and oxygen atoms in total. The second kappa shape index (κ2) is 14.7. The topological polar surface area (TPSA) is 18.5 Å². The lowest BCUT2D eigenvalue weighted by Crippen LogP contribution is -2.40. The Labute approximate surface area is 186 Å². The summed E-state index contributed by atoms with van der Waals surface area (Å²) < 4.78 is 11.9. The first-order chi connectivity index (χ1) is 13.8. The van der Waals surface area contributed by atoms with E-state index in [1.165, 1.54) is 62.7 Å². The summed E-state index contributed by atoms with van der Waals surface area (Å²) in [4.78, 5) is 1.30. The van der Waals surface area contributed by atoms with E-state index in [0.29, 0.717) is 5.04 Å². The van der Waals surface area contributed by atoms with Gasteiger partial charge in [0.15, 0.2) is 8.32 Å². The van der Waals surface area contributed by atoms with Gasteiger partial charge < -0.3 is 9.16 Å². The van der Waals surface area contributed by atoms with Crippen LogP contribution in [0.2, 0.25) is 18.1 Å². The maximum atomic E-state index is 6.26. The minimum atomic E-state index is -1.54. The lowest BCUT2D eigenvalue weighted by atomic mass is 10.1. The third kappa shape index (κ3) is 12.2. The first kappa shape index (κ1) is 26.7. The van der Waals surface area contributed by atoms with Gasteiger partial charge in [-0.3, -0.25) is 0 Å². The van der Waals surface area contributed by atoms with Crippen LogP contribution in [0.4, 0.5) is 0 Å². The number of methoxy groups -OCH3 is 1. The van der Waals surface area contributed by atoms with Crippen LogP contribution in [-0.4, -0.2) is 27.5 Å². The first-order valence-corrected chi connectivity index (χ1v) is 15.4. The van der Waals surface area contributed by atoms with Crippen molar-refractivity contribution in [2.45, 2.75) is 113 Å². The van der Waals surface area contributed by atoms with Crippen LogP contribution >= 0.6 is 11.8 Å². The van der Waals surface area contributed by atoms with E-state index in [9.17, 15) is 0 Å². The molecule has 4 heteroatoms. The molecule has 1 rings (SSSR count). The number of unbranched alkanes of at least 4 members (excludes halogenated alkanes) is 8. The van der Waals surface area contributed by atoms with Crippen LogP contribution in [0.25, 0.3) is 0 Å². The molecule has 1 unspecified atom stereocenters. The number of hydrogen-bond donors (Lipinski definition) is 0. The Hall–Kier alpha value is -0.293. The molecule has 0 aromatic heterocycles. The normalized spacial score (nSPS) is 13.6. The third-order valence-corrected chi connectivity index (χ3v) is 11.9. The van der Waals surface area contributed by atoms with Crippen LogP contribution in [0.15, 0.2) is 35.2 Å². The Morgan fingerprint density at radius 2 is 1.34 bits per heavy atom. The number of ether oxygens (including phenoxy) is 1. The standard InChI is InChI=1S/C25H46O2SSi/c1-25(2,3)29(5,6)27-22-18-13-11-9-7-8-10-12-17-21-24(26-4)28-23-19-15-14-16-20-23/h14-16,19-20,24H,7-13,17-18,21-22H2,1-6H3. The van der Waals surface area contributed by atoms with Crippen LogP contribution in [0.5, 0.6) is 0 Å². The zero-order chi connectivity index (χ0) is 21.6. The van der Waals surface area contributed by atoms with Crippen molar-refractivity contribution < 1.29 is 9.16 Å². The highest BCUT2D eigenvalue weighted by atomic mass is 32.2. The highest BCUT2D eigenvalue weighted by molar-refractivity contribution is 7.99. The average Bonchev–Trinajstić information content (AvgIpc) is 2.67. The van der Waals surface area contributed by atoms with Gasteiger partial charge in [-0.25, -0.2) is 0 Å². The first-order valence-electron chi connectivity index (χ1n) is 11.6. The van der Waals surface area contributed by atoms with E-state index in [-0.39, 0.29) is 5.44 Å². The molecular formula is C25H46O2SSi. The summed E-state index contributed by atoms with van der Waals surface area (Å²) >= 11 is 1.84. The smallest absolute Gasteiger partial charge is 0.191 e. The number of benzene rings is 1. The maximum Gasteiger partial charge on any atom is 0.191 e. The Bertz CT molecular complexity index is 513. The number of rotatable bonds is 16. The molecule has 0 aliphatic carbocycles. The van der Waals surface area contributed by atoms with Crippen molar-refractivity contribution in [2.75, 3.05) is 13.7 Å². The molecule has 0 amide bonds. The molecule has 0 saturated heterocycles. The van der Waals surface area contributed by atoms with Gasteiger partial charge in [-0.2, -0.15) is 0 Å². The van der Waals surface area contributed by atoms with Gasteiger partial charge in [0.25, 0.3) is 0 Å². The van der Waals surface area contributed by atoms with Crippen molar-refractivity contribution in [3.63, 3.8) is 0 Å². The third-order valence-electron chi connectivity index (χ3n) is 6.13. The quantitative estimate of drug-likeness (QED) is 0.111. The SMILES string of the molecule is COC(CCCCCCCCCCCO[Si](C)(C)C(C)(C)C)Sc1ccccc1. The molecule has 1 aromatic carbocycles. The number of hydrogen-bond acceptors (Lipinski definition) is 3. The summed E-state index contributed by atoms with van der Waals surface area (Å²) in [5.41, 5.74) is 0.283. The van der Waals surface area contributed by atoms with Gasteiger partial charge in [0.05, 0.1) is 0 Å². The van der Waals surface area contributed by atoms with Crippen molar-refractivity contribution >= 4 is 20.1 Å². The van der Waals surface area contributed by atoms with Gasteiger partial charge in [0.1, 0.15) is 5.44 Å². The van der Waals surface area contributed by atoms with Gasteiger partial charge in [-0.15, -0.1) is 0 Å². The van der Waals surface area contributed by atoms with Crippen molar-refractivity contribution in [1.29, 1.82) is 0 Å². The lowest BCUT2D eigenvalue weighted by Gasteiger charge is -2.36. The summed E-state index contributed by atoms with van der Waals surface area (Å²) in [7, 11) is 0.289. The molecule has 1 atom stereocenters. The van der Waals surface area contributed by atoms with E-state index < -0.39 is 8.32 Å². The summed E-state index contributed by atoms with van der Waals surface area (Å²) in [5.74, 6) is 0. The fraction of sp³-hybridized carbons (Fsp3) is 0.760. The highest BCUT2D eigenvalue weighted by Gasteiger charge is 2.36. The zero-order valence-corrected chi connectivity index (χ0v) is 21.8. The fourth-order valence-electron chi connectivity index (χ4n) is 3.07. The van der Waals surface area contributed by atoms with Gasteiger partial charge >= 0.3 is 0 Å². The van der Waals surface area contributed by atoms with Crippen LogP contribution < -0.4 is 0 Å². The van der Waals surface area contributed by atoms with Gasteiger partial charge in [-0.1, -0.05) is 95.7 Å². The van der Waals surface area contributed by atoms with Crippen LogP contribution in [0, 0.1) is 0 Å². The fourth-order valence-corrected chi connectivity index (χ4v) is 5.16. The molecule has 29 heavy (non-hydrogen) atoms. The summed E-state index contributed by atoms with van der Waals surface area (Å²) in [6.45, 7) is 12.6. The van der Waals surface area contributed by atoms with Gasteiger partial charge in [0.2, 0.25) is 0 Å². The molecule has 0 fully saturated rings. The molecule has 0 aliphatic rings. The Morgan fingerprint density at radius 3 is 1.86 bits per heavy atom. The van der Waals surface area contributed by atoms with E-state index in [0.717, 1.165) is 13.0 Å². The average molecular weight is 439 g/mol. The van der Waals surface area contributed by atoms with E-state index >= 15 is 0 Å². The Balaban J connectivity index is 1.93. The Kier molecular flexibility index (Phi) is 13.5. The highest BCUT2D eigenvalue weighted by Crippen LogP contribution is 2.36. The lowest BCUT2D eigenvalue weighted by molar-refractivity contribution is 0.163. The molecule has 168 valence electrons. The van der Waals surface area contributed by atoms with E-state index in [4.69, 9.17) is 9.16 Å². The molecule has 0 aliphatic heterocycles. The van der Waals surface area contributed by atoms with Crippen LogP contribution in [-0.2, 0) is 9.16 Å². The largest absolute Gasteiger partial charge is 0.417 e. The summed E-state index contributed by atoms with van der Waals surface area (Å²) in [6, 6.07) is 10.6. The van der Waals surface area contributed by atoms with E-state index in [1.807, 2.05) is 18.9 Å². The Morgan fingerprint density at radius 1 is 0.828 bits per heavy atom. The molecular weight excluding hydrogens is 392 g/mol. The van der Waals surface area contributed by atoms with Gasteiger partial charge in [-0.05, 0) is 49.5 Å². The molecule has 0 saturated carbocycles. The van der Waals surface area contributed by atoms with Crippen molar-refractivity contribution in [2.24, 2.45) is 0 Å². The molecule has 0 N–H and O–H groups in total. The zero-order valence-electron chi connectivity index (χ0n) is 20.0. The van der Waals surface area contributed by atoms with Crippen molar-refractivity contribution in [3.8, 4) is 0 Å². The predicted octanol–water partition coefficient (Wildman–Crippen LogP) is 8.67. The molecule has 0 spiro atoms. The van der Waals surface area contributed by atoms with Crippen LogP contribution in [0.3, 0.4) is 0 Å². The molecule has 0 heterocycles. The second-order valence-electron chi connectivity index (χ2n) is 9.68. The minimum Gasteiger partial charge on any atom is -0.417 e. The number of thioether (sulfide) groups is 1. The summed E-state index contributed by atoms with van der Waals surface area (Å²) in [5, 5.41) is 0.330. The molecule has 1 aromatic rings. The van der Waals surface area contributed by atoms with E-state index in [2.05, 4.69) is 64.2 Å². The summed E-state index contributed by atoms with van der Waals surface area (Å²) in [6.07, 6.45) is 13.2. The van der Waals surface area contributed by atoms with Crippen molar-refractivity contribution in [1.82, 2.24) is 0 Å². The van der Waals surface area contributed by atoms with Crippen LogP contribution in [0.1, 0.15) is 85.0 Å². The van der Waals surface area contributed by atoms with Crippen molar-refractivity contribution in [3.05, 3.63) is 30.3 Å². The maximum absolute atomic E-state index is 6.26. The molecule has 0 radical (unpaired) electrons. The van der Waals surface area contributed by atoms with E-state index in [1.54, 1.807) is 0 Å². The molecule has 0 bridgehead atoms. The monoisotopic (exact) mass is 438 g/mol. The second-order valence-corrected chi connectivity index (χ2v) is 15.7. The van der Waals surface area contributed by atoms with Gasteiger partial charge in [0, 0.05) is 18.6 Å². The predicted molar refractivity (Wildman–Crippen MR) is 132 cm³/mol.